The van der Waals surface area contributed by atoms with Gasteiger partial charge in [-0.2, -0.15) is 0 Å². The van der Waals surface area contributed by atoms with E-state index in [0.29, 0.717) is 35.5 Å². The minimum absolute atomic E-state index is 0.490. The molecule has 7 aromatic rings. The summed E-state index contributed by atoms with van der Waals surface area (Å²) in [7, 11) is 5.02. The normalized spacial score (nSPS) is 10.4. The van der Waals surface area contributed by atoms with E-state index in [2.05, 4.69) is 191 Å². The Morgan fingerprint density at radius 1 is 0.369 bits per heavy atom. The summed E-state index contributed by atoms with van der Waals surface area (Å²) in [5.41, 5.74) is 10.6. The van der Waals surface area contributed by atoms with E-state index in [1.54, 1.807) is 27.5 Å². The molecule has 0 spiro atoms. The number of aromatic nitrogens is 2. The van der Waals surface area contributed by atoms with E-state index in [9.17, 15) is 0 Å². The molecule has 2 aromatic heterocycles. The van der Waals surface area contributed by atoms with E-state index in [1.165, 1.54) is 44.3 Å². The van der Waals surface area contributed by atoms with Crippen molar-refractivity contribution in [3.63, 3.8) is 0 Å². The van der Waals surface area contributed by atoms with Crippen LogP contribution in [0.3, 0.4) is 0 Å². The van der Waals surface area contributed by atoms with Gasteiger partial charge in [-0.25, -0.2) is 0 Å². The van der Waals surface area contributed by atoms with Crippen LogP contribution in [0.15, 0.2) is 158 Å². The number of nitrogens with zero attached hydrogens (tertiary/aromatic N) is 2. The summed E-state index contributed by atoms with van der Waals surface area (Å²) >= 11 is 0. The second-order valence-electron chi connectivity index (χ2n) is 17.9. The first-order valence-corrected chi connectivity index (χ1v) is 23.2. The number of fused-ring (bicyclic) bond motifs is 1. The third kappa shape index (κ3) is 21.1. The van der Waals surface area contributed by atoms with Crippen LogP contribution >= 0.6 is 0 Å². The fourth-order valence-corrected chi connectivity index (χ4v) is 6.39. The summed E-state index contributed by atoms with van der Waals surface area (Å²) in [6.45, 7) is 28.4. The zero-order chi connectivity index (χ0) is 48.3. The first-order chi connectivity index (χ1) is 31.0. The van der Waals surface area contributed by atoms with Crippen LogP contribution in [-0.2, 0) is 0 Å². The molecule has 0 amide bonds. The molecule has 5 nitrogen and oxygen atoms in total. The van der Waals surface area contributed by atoms with E-state index >= 15 is 0 Å². The Hall–Kier alpha value is -5.94. The molecule has 0 N–H and O–H groups in total. The SMILES string of the molecule is CC(C)c1ccc2ncccc2c1.CC(C)c1ccccc1.CC(C)c1cccnc1.COc1cc(OC)cc(C(C)C)c1.COc1ccc(C(C)C)cc1.Cc1ccccc1C(C)C. The highest BCUT2D eigenvalue weighted by Gasteiger charge is 2.05. The van der Waals surface area contributed by atoms with Crippen molar-refractivity contribution in [3.05, 3.63) is 197 Å². The maximum absolute atomic E-state index is 5.17. The van der Waals surface area contributed by atoms with Crippen LogP contribution in [0.5, 0.6) is 17.2 Å². The number of aryl methyl sites for hydroxylation is 1. The predicted octanol–water partition coefficient (Wildman–Crippen LogP) is 17.1. The van der Waals surface area contributed by atoms with Gasteiger partial charge in [0.05, 0.1) is 26.8 Å². The van der Waals surface area contributed by atoms with Gasteiger partial charge < -0.3 is 14.2 Å². The van der Waals surface area contributed by atoms with E-state index < -0.39 is 0 Å². The summed E-state index contributed by atoms with van der Waals surface area (Å²) in [6.07, 6.45) is 5.54. The van der Waals surface area contributed by atoms with Crippen molar-refractivity contribution >= 4 is 10.9 Å². The Labute approximate surface area is 394 Å². The maximum Gasteiger partial charge on any atom is 0.122 e. The number of methoxy groups -OCH3 is 3. The van der Waals surface area contributed by atoms with Crippen molar-refractivity contribution in [2.45, 2.75) is 126 Å². The standard InChI is InChI=1S/C12H13N.C11H16O2.C10H14O.C10H14.C9H12.C8H11N/c1-9(2)10-5-6-12-11(8-10)4-3-7-13-12;1-8(2)9-5-10(12-3)7-11(6-9)13-4;1-8(2)9-4-6-10(11-3)7-5-9;1-8(2)10-7-5-4-6-9(10)3;1-8(2)9-6-4-3-5-7-9;1-7(2)8-4-3-5-9-6-8/h3-9H,1-2H3;5-8H,1-4H3;4-8H,1-3H3;4-8H,1-3H3;3-8H,1-2H3;3-7H,1-2H3. The number of hydrogen-bond acceptors (Lipinski definition) is 5. The monoisotopic (exact) mass is 877 g/mol. The third-order valence-corrected chi connectivity index (χ3v) is 10.7. The zero-order valence-corrected chi connectivity index (χ0v) is 42.6. The highest BCUT2D eigenvalue weighted by molar-refractivity contribution is 5.79. The average molecular weight is 877 g/mol. The lowest BCUT2D eigenvalue weighted by Gasteiger charge is -2.10. The molecule has 5 aromatic carbocycles. The number of hydrogen-bond donors (Lipinski definition) is 0. The Bertz CT molecular complexity index is 2230. The number of pyridine rings is 2. The molecule has 65 heavy (non-hydrogen) atoms. The molecule has 0 bridgehead atoms. The number of ether oxygens (including phenoxy) is 3. The Kier molecular flexibility index (Phi) is 25.7. The van der Waals surface area contributed by atoms with Gasteiger partial charge in [0.25, 0.3) is 0 Å². The van der Waals surface area contributed by atoms with Crippen molar-refractivity contribution in [3.8, 4) is 17.2 Å². The van der Waals surface area contributed by atoms with Crippen molar-refractivity contribution < 1.29 is 14.2 Å². The van der Waals surface area contributed by atoms with Gasteiger partial charge in [-0.05, 0) is 130 Å². The van der Waals surface area contributed by atoms with Crippen LogP contribution in [0.25, 0.3) is 10.9 Å². The van der Waals surface area contributed by atoms with Crippen LogP contribution < -0.4 is 14.2 Å². The van der Waals surface area contributed by atoms with Crippen molar-refractivity contribution in [1.29, 1.82) is 0 Å². The fourth-order valence-electron chi connectivity index (χ4n) is 6.39. The summed E-state index contributed by atoms with van der Waals surface area (Å²) in [5.74, 6) is 6.21. The van der Waals surface area contributed by atoms with Gasteiger partial charge >= 0.3 is 0 Å². The molecular weight excluding hydrogens is 797 g/mol. The highest BCUT2D eigenvalue weighted by atomic mass is 16.5. The van der Waals surface area contributed by atoms with Crippen LogP contribution in [0.2, 0.25) is 0 Å². The Morgan fingerprint density at radius 2 is 0.846 bits per heavy atom. The molecule has 0 unspecified atom stereocenters. The molecule has 0 saturated carbocycles. The molecule has 0 radical (unpaired) electrons. The molecule has 7 rings (SSSR count). The molecule has 2 heterocycles. The molecular formula is C60H80N2O3. The minimum atomic E-state index is 0.490. The first kappa shape index (κ1) is 55.2. The average Bonchev–Trinajstić information content (AvgIpc) is 3.32. The first-order valence-electron chi connectivity index (χ1n) is 23.2. The van der Waals surface area contributed by atoms with E-state index in [0.717, 1.165) is 22.8 Å². The van der Waals surface area contributed by atoms with Gasteiger partial charge in [0.2, 0.25) is 0 Å². The van der Waals surface area contributed by atoms with Gasteiger partial charge in [-0.15, -0.1) is 0 Å². The van der Waals surface area contributed by atoms with Crippen LogP contribution in [0, 0.1) is 6.92 Å². The third-order valence-electron chi connectivity index (χ3n) is 10.7. The lowest BCUT2D eigenvalue weighted by Crippen LogP contribution is -1.92. The van der Waals surface area contributed by atoms with Gasteiger partial charge in [-0.3, -0.25) is 9.97 Å². The van der Waals surface area contributed by atoms with E-state index in [4.69, 9.17) is 14.2 Å². The predicted molar refractivity (Wildman–Crippen MR) is 281 cm³/mol. The van der Waals surface area contributed by atoms with Gasteiger partial charge in [0, 0.05) is 30.0 Å². The molecule has 0 aliphatic rings. The van der Waals surface area contributed by atoms with E-state index in [1.807, 2.05) is 60.9 Å². The van der Waals surface area contributed by atoms with Crippen LogP contribution in [-0.4, -0.2) is 31.3 Å². The molecule has 0 atom stereocenters. The Morgan fingerprint density at radius 3 is 1.28 bits per heavy atom. The highest BCUT2D eigenvalue weighted by Crippen LogP contribution is 2.27. The summed E-state index contributed by atoms with van der Waals surface area (Å²) in [6, 6.07) is 47.8. The molecule has 0 aliphatic carbocycles. The van der Waals surface area contributed by atoms with Gasteiger partial charge in [0.1, 0.15) is 17.2 Å². The van der Waals surface area contributed by atoms with Crippen LogP contribution in [0.1, 0.15) is 158 Å². The second kappa shape index (κ2) is 30.2. The molecule has 0 fully saturated rings. The summed E-state index contributed by atoms with van der Waals surface area (Å²) in [4.78, 5) is 8.29. The van der Waals surface area contributed by atoms with Crippen LogP contribution in [0.4, 0.5) is 0 Å². The number of rotatable bonds is 9. The van der Waals surface area contributed by atoms with Gasteiger partial charge in [-0.1, -0.05) is 168 Å². The van der Waals surface area contributed by atoms with Crippen molar-refractivity contribution in [2.75, 3.05) is 21.3 Å². The molecule has 5 heteroatoms. The minimum Gasteiger partial charge on any atom is -0.497 e. The smallest absolute Gasteiger partial charge is 0.122 e. The lowest BCUT2D eigenvalue weighted by atomic mass is 9.99. The molecule has 0 aliphatic heterocycles. The zero-order valence-electron chi connectivity index (χ0n) is 42.6. The summed E-state index contributed by atoms with van der Waals surface area (Å²) in [5, 5.41) is 1.23. The summed E-state index contributed by atoms with van der Waals surface area (Å²) < 4.78 is 15.4. The topological polar surface area (TPSA) is 53.5 Å². The lowest BCUT2D eigenvalue weighted by molar-refractivity contribution is 0.393. The maximum atomic E-state index is 5.17. The quantitative estimate of drug-likeness (QED) is 0.145. The van der Waals surface area contributed by atoms with Crippen molar-refractivity contribution in [1.82, 2.24) is 9.97 Å². The fraction of sp³-hybridized carbons (Fsp3) is 0.367. The van der Waals surface area contributed by atoms with Crippen molar-refractivity contribution in [2.24, 2.45) is 0 Å². The second-order valence-corrected chi connectivity index (χ2v) is 17.9. The molecule has 348 valence electrons. The number of benzene rings is 5. The molecule has 0 saturated heterocycles. The van der Waals surface area contributed by atoms with Gasteiger partial charge in [0.15, 0.2) is 0 Å². The van der Waals surface area contributed by atoms with E-state index in [-0.39, 0.29) is 0 Å². The Balaban J connectivity index is 0.000000270. The largest absolute Gasteiger partial charge is 0.497 e.